The van der Waals surface area contributed by atoms with Gasteiger partial charge in [-0.25, -0.2) is 4.79 Å². The Bertz CT molecular complexity index is 516. The molecule has 0 saturated heterocycles. The van der Waals surface area contributed by atoms with Crippen molar-refractivity contribution in [2.24, 2.45) is 5.92 Å². The summed E-state index contributed by atoms with van der Waals surface area (Å²) >= 11 is 0. The van der Waals surface area contributed by atoms with Crippen LogP contribution in [0.15, 0.2) is 16.2 Å². The Morgan fingerprint density at radius 2 is 2.00 bits per heavy atom. The Balaban J connectivity index is 2.56. The zero-order valence-electron chi connectivity index (χ0n) is 11.4. The van der Waals surface area contributed by atoms with Gasteiger partial charge in [0.2, 0.25) is 0 Å². The van der Waals surface area contributed by atoms with Gasteiger partial charge in [0.25, 0.3) is 5.56 Å². The molecule has 0 aliphatic carbocycles. The first-order valence-corrected chi connectivity index (χ1v) is 6.67. The Hall–Kier alpha value is -1.62. The summed E-state index contributed by atoms with van der Waals surface area (Å²) in [5.41, 5.74) is 0.239. The molecule has 0 radical (unpaired) electrons. The predicted octanol–water partition coefficient (Wildman–Crippen LogP) is 1.44. The number of unbranched alkanes of at least 4 members (excludes halogenated alkanes) is 1. The predicted molar refractivity (Wildman–Crippen MR) is 76.2 cm³/mol. The first-order valence-electron chi connectivity index (χ1n) is 6.67. The number of nitrogens with one attached hydrogen (secondary N) is 2. The first kappa shape index (κ1) is 15.4. The molecule has 5 nitrogen and oxygen atoms in total. The maximum atomic E-state index is 11.5. The van der Waals surface area contributed by atoms with Crippen molar-refractivity contribution in [3.05, 3.63) is 38.7 Å². The second-order valence-electron chi connectivity index (χ2n) is 4.87. The van der Waals surface area contributed by atoms with E-state index in [0.29, 0.717) is 23.6 Å². The summed E-state index contributed by atoms with van der Waals surface area (Å²) < 4.78 is 0. The molecular weight excluding hydrogens is 244 g/mol. The molecule has 0 aliphatic rings. The number of aliphatic hydroxyl groups excluding tert-OH is 1. The number of aromatic amines is 2. The standard InChI is InChI=1S/C14H22N2O3/c1-3-11-12(15-14(19)16-13(11)18)7-5-4-6-10(2)8-9-17/h3,10,17H,1,4-9H2,2H3,(H2,15,16,18,19). The number of aryl methyl sites for hydroxylation is 1. The lowest BCUT2D eigenvalue weighted by molar-refractivity contribution is 0.256. The molecule has 1 aromatic rings. The van der Waals surface area contributed by atoms with Crippen LogP contribution < -0.4 is 11.2 Å². The van der Waals surface area contributed by atoms with E-state index in [9.17, 15) is 9.59 Å². The minimum Gasteiger partial charge on any atom is -0.396 e. The fourth-order valence-corrected chi connectivity index (χ4v) is 2.12. The number of rotatable bonds is 8. The summed E-state index contributed by atoms with van der Waals surface area (Å²) in [7, 11) is 0. The third-order valence-electron chi connectivity index (χ3n) is 3.26. The van der Waals surface area contributed by atoms with Crippen LogP contribution in [0.4, 0.5) is 0 Å². The smallest absolute Gasteiger partial charge is 0.325 e. The van der Waals surface area contributed by atoms with Crippen molar-refractivity contribution in [2.45, 2.75) is 39.0 Å². The SMILES string of the molecule is C=Cc1c(CCCCC(C)CCO)[nH]c(=O)[nH]c1=O. The van der Waals surface area contributed by atoms with Crippen LogP contribution in [-0.2, 0) is 6.42 Å². The third kappa shape index (κ3) is 4.87. The average molecular weight is 266 g/mol. The van der Waals surface area contributed by atoms with E-state index in [-0.39, 0.29) is 12.2 Å². The second kappa shape index (κ2) is 7.74. The highest BCUT2D eigenvalue weighted by atomic mass is 16.3. The summed E-state index contributed by atoms with van der Waals surface area (Å²) in [5, 5.41) is 8.81. The van der Waals surface area contributed by atoms with Gasteiger partial charge in [0.05, 0.1) is 5.56 Å². The molecule has 3 N–H and O–H groups in total. The van der Waals surface area contributed by atoms with Crippen LogP contribution in [0.1, 0.15) is 43.9 Å². The number of hydrogen-bond donors (Lipinski definition) is 3. The topological polar surface area (TPSA) is 85.9 Å². The second-order valence-corrected chi connectivity index (χ2v) is 4.87. The summed E-state index contributed by atoms with van der Waals surface area (Å²) in [4.78, 5) is 27.6. The molecular formula is C14H22N2O3. The van der Waals surface area contributed by atoms with Crippen LogP contribution in [0.25, 0.3) is 6.08 Å². The molecule has 0 fully saturated rings. The van der Waals surface area contributed by atoms with Gasteiger partial charge in [-0.1, -0.05) is 32.4 Å². The van der Waals surface area contributed by atoms with Crippen LogP contribution in [-0.4, -0.2) is 21.7 Å². The van der Waals surface area contributed by atoms with E-state index in [1.54, 1.807) is 0 Å². The molecule has 0 aromatic carbocycles. The first-order chi connectivity index (χ1) is 9.08. The van der Waals surface area contributed by atoms with Gasteiger partial charge in [0, 0.05) is 12.3 Å². The van der Waals surface area contributed by atoms with E-state index in [1.807, 2.05) is 0 Å². The monoisotopic (exact) mass is 266 g/mol. The van der Waals surface area contributed by atoms with E-state index in [1.165, 1.54) is 6.08 Å². The van der Waals surface area contributed by atoms with Crippen LogP contribution in [0.5, 0.6) is 0 Å². The van der Waals surface area contributed by atoms with Gasteiger partial charge < -0.3 is 10.1 Å². The molecule has 1 rings (SSSR count). The molecule has 0 bridgehead atoms. The number of aromatic nitrogens is 2. The largest absolute Gasteiger partial charge is 0.396 e. The van der Waals surface area contributed by atoms with Gasteiger partial charge in [-0.3, -0.25) is 9.78 Å². The molecule has 0 aliphatic heterocycles. The average Bonchev–Trinajstić information content (AvgIpc) is 2.34. The van der Waals surface area contributed by atoms with E-state index in [2.05, 4.69) is 23.5 Å². The third-order valence-corrected chi connectivity index (χ3v) is 3.26. The zero-order chi connectivity index (χ0) is 14.3. The molecule has 0 amide bonds. The summed E-state index contributed by atoms with van der Waals surface area (Å²) in [6.07, 6.45) is 5.89. The van der Waals surface area contributed by atoms with Gasteiger partial charge in [-0.15, -0.1) is 0 Å². The fraction of sp³-hybridized carbons (Fsp3) is 0.571. The molecule has 1 unspecified atom stereocenters. The molecule has 1 aromatic heterocycles. The Morgan fingerprint density at radius 1 is 1.26 bits per heavy atom. The van der Waals surface area contributed by atoms with Crippen LogP contribution >= 0.6 is 0 Å². The van der Waals surface area contributed by atoms with E-state index < -0.39 is 5.69 Å². The van der Waals surface area contributed by atoms with E-state index >= 15 is 0 Å². The fourth-order valence-electron chi connectivity index (χ4n) is 2.12. The quantitative estimate of drug-likeness (QED) is 0.622. The van der Waals surface area contributed by atoms with Gasteiger partial charge in [0.1, 0.15) is 0 Å². The van der Waals surface area contributed by atoms with Crippen molar-refractivity contribution in [3.63, 3.8) is 0 Å². The Morgan fingerprint density at radius 3 is 2.63 bits per heavy atom. The lowest BCUT2D eigenvalue weighted by Gasteiger charge is -2.09. The van der Waals surface area contributed by atoms with Crippen molar-refractivity contribution < 1.29 is 5.11 Å². The number of H-pyrrole nitrogens is 2. The molecule has 5 heteroatoms. The lowest BCUT2D eigenvalue weighted by atomic mass is 9.99. The minimum absolute atomic E-state index is 0.225. The molecule has 19 heavy (non-hydrogen) atoms. The van der Waals surface area contributed by atoms with Crippen molar-refractivity contribution in [1.82, 2.24) is 9.97 Å². The van der Waals surface area contributed by atoms with Gasteiger partial charge in [-0.2, -0.15) is 0 Å². The van der Waals surface area contributed by atoms with E-state index in [0.717, 1.165) is 25.7 Å². The highest BCUT2D eigenvalue weighted by molar-refractivity contribution is 5.47. The Labute approximate surface area is 112 Å². The number of hydrogen-bond acceptors (Lipinski definition) is 3. The zero-order valence-corrected chi connectivity index (χ0v) is 11.4. The summed E-state index contributed by atoms with van der Waals surface area (Å²) in [6, 6.07) is 0. The molecule has 106 valence electrons. The van der Waals surface area contributed by atoms with Gasteiger partial charge in [-0.05, 0) is 25.2 Å². The molecule has 1 atom stereocenters. The maximum Gasteiger partial charge on any atom is 0.325 e. The molecule has 0 spiro atoms. The van der Waals surface area contributed by atoms with Gasteiger partial charge in [0.15, 0.2) is 0 Å². The minimum atomic E-state index is -0.473. The summed E-state index contributed by atoms with van der Waals surface area (Å²) in [6.45, 7) is 5.93. The highest BCUT2D eigenvalue weighted by Gasteiger charge is 2.06. The number of aliphatic hydroxyl groups is 1. The highest BCUT2D eigenvalue weighted by Crippen LogP contribution is 2.13. The molecule has 0 saturated carbocycles. The normalized spacial score (nSPS) is 12.3. The maximum absolute atomic E-state index is 11.5. The summed E-state index contributed by atoms with van der Waals surface area (Å²) in [5.74, 6) is 0.502. The Kier molecular flexibility index (Phi) is 6.29. The van der Waals surface area contributed by atoms with E-state index in [4.69, 9.17) is 5.11 Å². The van der Waals surface area contributed by atoms with Crippen LogP contribution in [0, 0.1) is 5.92 Å². The van der Waals surface area contributed by atoms with Crippen molar-refractivity contribution in [3.8, 4) is 0 Å². The lowest BCUT2D eigenvalue weighted by Crippen LogP contribution is -2.26. The van der Waals surface area contributed by atoms with Crippen LogP contribution in [0.3, 0.4) is 0 Å². The van der Waals surface area contributed by atoms with Crippen LogP contribution in [0.2, 0.25) is 0 Å². The van der Waals surface area contributed by atoms with Gasteiger partial charge >= 0.3 is 5.69 Å². The molecule has 1 heterocycles. The van der Waals surface area contributed by atoms with Crippen molar-refractivity contribution >= 4 is 6.08 Å². The van der Waals surface area contributed by atoms with Crippen molar-refractivity contribution in [2.75, 3.05) is 6.61 Å². The van der Waals surface area contributed by atoms with Crippen molar-refractivity contribution in [1.29, 1.82) is 0 Å².